The Balaban J connectivity index is 1.50. The number of anilines is 2. The van der Waals surface area contributed by atoms with Gasteiger partial charge in [0.1, 0.15) is 12.6 Å². The maximum Gasteiger partial charge on any atom is 0.357 e. The molecule has 23 heavy (non-hydrogen) atoms. The first-order valence-corrected chi connectivity index (χ1v) is 7.05. The molecule has 0 aromatic carbocycles. The molecule has 0 radical (unpaired) electrons. The van der Waals surface area contributed by atoms with Gasteiger partial charge < -0.3 is 19.3 Å². The van der Waals surface area contributed by atoms with Crippen LogP contribution in [0.25, 0.3) is 5.65 Å². The molecule has 0 spiro atoms. The lowest BCUT2D eigenvalue weighted by atomic mass is 10.3. The maximum atomic E-state index is 10.9. The van der Waals surface area contributed by atoms with Crippen molar-refractivity contribution in [1.82, 2.24) is 24.6 Å². The van der Waals surface area contributed by atoms with Crippen LogP contribution in [0.4, 0.5) is 11.8 Å². The molecule has 1 N–H and O–H groups in total. The molecule has 0 aliphatic carbocycles. The Morgan fingerprint density at radius 1 is 1.17 bits per heavy atom. The van der Waals surface area contributed by atoms with Crippen LogP contribution in [0, 0.1) is 0 Å². The molecule has 0 atom stereocenters. The molecule has 0 amide bonds. The SMILES string of the molecule is O=C(O)c1coc(N2CCN(c3cncc4ncnn34)CC2)n1. The molecule has 1 saturated heterocycles. The molecule has 3 aromatic rings. The molecule has 0 saturated carbocycles. The number of aromatic carboxylic acids is 1. The van der Waals surface area contributed by atoms with Crippen molar-refractivity contribution in [3.63, 3.8) is 0 Å². The molecule has 4 rings (SSSR count). The van der Waals surface area contributed by atoms with Crippen molar-refractivity contribution in [2.75, 3.05) is 36.0 Å². The van der Waals surface area contributed by atoms with Gasteiger partial charge in [0.25, 0.3) is 6.01 Å². The van der Waals surface area contributed by atoms with E-state index in [1.807, 2.05) is 4.90 Å². The zero-order chi connectivity index (χ0) is 15.8. The van der Waals surface area contributed by atoms with E-state index in [1.165, 1.54) is 6.33 Å². The van der Waals surface area contributed by atoms with E-state index in [0.717, 1.165) is 12.1 Å². The fourth-order valence-corrected chi connectivity index (χ4v) is 2.59. The molecule has 1 fully saturated rings. The summed E-state index contributed by atoms with van der Waals surface area (Å²) >= 11 is 0. The number of piperazine rings is 1. The Morgan fingerprint density at radius 2 is 1.96 bits per heavy atom. The summed E-state index contributed by atoms with van der Waals surface area (Å²) in [6.07, 6.45) is 6.07. The molecular weight excluding hydrogens is 302 g/mol. The minimum absolute atomic E-state index is 0.0842. The average molecular weight is 315 g/mol. The summed E-state index contributed by atoms with van der Waals surface area (Å²) in [5.74, 6) is -0.221. The van der Waals surface area contributed by atoms with Crippen molar-refractivity contribution in [2.24, 2.45) is 0 Å². The minimum Gasteiger partial charge on any atom is -0.476 e. The van der Waals surface area contributed by atoms with E-state index < -0.39 is 5.97 Å². The Hall–Kier alpha value is -3.17. The third-order valence-corrected chi connectivity index (χ3v) is 3.76. The van der Waals surface area contributed by atoms with E-state index in [1.54, 1.807) is 16.9 Å². The van der Waals surface area contributed by atoms with Gasteiger partial charge in [-0.2, -0.15) is 14.6 Å². The molecule has 10 nitrogen and oxygen atoms in total. The Bertz CT molecular complexity index is 850. The molecular formula is C13H13N7O3. The fourth-order valence-electron chi connectivity index (χ4n) is 2.59. The summed E-state index contributed by atoms with van der Waals surface area (Å²) in [5, 5.41) is 13.1. The standard InChI is InChI=1S/C13H13N7O3/c21-12(22)9-7-23-13(17-9)19-3-1-18(2-4-19)11-6-14-5-10-15-8-16-20(10)11/h5-8H,1-4H2,(H,21,22). The Morgan fingerprint density at radius 3 is 2.70 bits per heavy atom. The van der Waals surface area contributed by atoms with Crippen LogP contribution in [0.2, 0.25) is 0 Å². The van der Waals surface area contributed by atoms with E-state index in [2.05, 4.69) is 25.0 Å². The zero-order valence-corrected chi connectivity index (χ0v) is 12.0. The molecule has 118 valence electrons. The predicted molar refractivity (Wildman–Crippen MR) is 78.7 cm³/mol. The van der Waals surface area contributed by atoms with Gasteiger partial charge in [-0.15, -0.1) is 0 Å². The van der Waals surface area contributed by atoms with Gasteiger partial charge in [-0.25, -0.2) is 9.78 Å². The molecule has 4 heterocycles. The number of carboxylic acids is 1. The highest BCUT2D eigenvalue weighted by Crippen LogP contribution is 2.19. The number of fused-ring (bicyclic) bond motifs is 1. The fraction of sp³-hybridized carbons (Fsp3) is 0.308. The van der Waals surface area contributed by atoms with Crippen molar-refractivity contribution in [3.05, 3.63) is 30.7 Å². The van der Waals surface area contributed by atoms with Crippen LogP contribution >= 0.6 is 0 Å². The van der Waals surface area contributed by atoms with Crippen molar-refractivity contribution < 1.29 is 14.3 Å². The highest BCUT2D eigenvalue weighted by atomic mass is 16.4. The largest absolute Gasteiger partial charge is 0.476 e. The zero-order valence-electron chi connectivity index (χ0n) is 12.0. The highest BCUT2D eigenvalue weighted by molar-refractivity contribution is 5.85. The molecule has 0 unspecified atom stereocenters. The first-order valence-electron chi connectivity index (χ1n) is 7.05. The van der Waals surface area contributed by atoms with Crippen LogP contribution < -0.4 is 9.80 Å². The average Bonchev–Trinajstić information content (AvgIpc) is 3.24. The van der Waals surface area contributed by atoms with Crippen molar-refractivity contribution >= 4 is 23.4 Å². The van der Waals surface area contributed by atoms with E-state index in [0.29, 0.717) is 37.8 Å². The van der Waals surface area contributed by atoms with Gasteiger partial charge in [0.2, 0.25) is 0 Å². The number of hydrogen-bond donors (Lipinski definition) is 1. The molecule has 3 aromatic heterocycles. The topological polar surface area (TPSA) is 113 Å². The number of rotatable bonds is 3. The number of carbonyl (C=O) groups is 1. The van der Waals surface area contributed by atoms with Crippen LogP contribution in [0.15, 0.2) is 29.4 Å². The minimum atomic E-state index is -1.09. The van der Waals surface area contributed by atoms with E-state index in [-0.39, 0.29) is 5.69 Å². The third-order valence-electron chi connectivity index (χ3n) is 3.76. The molecule has 10 heteroatoms. The number of carboxylic acid groups (broad SMARTS) is 1. The lowest BCUT2D eigenvalue weighted by Gasteiger charge is -2.34. The van der Waals surface area contributed by atoms with Gasteiger partial charge in [0.05, 0.1) is 12.4 Å². The second-order valence-corrected chi connectivity index (χ2v) is 5.09. The van der Waals surface area contributed by atoms with Crippen molar-refractivity contribution in [3.8, 4) is 0 Å². The van der Waals surface area contributed by atoms with Crippen molar-refractivity contribution in [1.29, 1.82) is 0 Å². The molecule has 1 aliphatic heterocycles. The summed E-state index contributed by atoms with van der Waals surface area (Å²) in [7, 11) is 0. The van der Waals surface area contributed by atoms with Crippen LogP contribution in [0.5, 0.6) is 0 Å². The summed E-state index contributed by atoms with van der Waals surface area (Å²) in [4.78, 5) is 27.2. The summed E-state index contributed by atoms with van der Waals surface area (Å²) < 4.78 is 6.99. The Kier molecular flexibility index (Phi) is 3.07. The number of nitrogens with zero attached hydrogens (tertiary/aromatic N) is 7. The quantitative estimate of drug-likeness (QED) is 0.720. The van der Waals surface area contributed by atoms with Gasteiger partial charge in [-0.3, -0.25) is 4.98 Å². The highest BCUT2D eigenvalue weighted by Gasteiger charge is 2.23. The van der Waals surface area contributed by atoms with Crippen LogP contribution in [-0.4, -0.2) is 61.8 Å². The Labute approximate surface area is 130 Å². The predicted octanol–water partition coefficient (Wildman–Crippen LogP) is 0.137. The van der Waals surface area contributed by atoms with Gasteiger partial charge in [0.15, 0.2) is 17.2 Å². The second-order valence-electron chi connectivity index (χ2n) is 5.09. The lowest BCUT2D eigenvalue weighted by Crippen LogP contribution is -2.47. The van der Waals surface area contributed by atoms with E-state index in [4.69, 9.17) is 9.52 Å². The first kappa shape index (κ1) is 13.5. The maximum absolute atomic E-state index is 10.9. The lowest BCUT2D eigenvalue weighted by molar-refractivity contribution is 0.0690. The molecule has 0 bridgehead atoms. The number of aromatic nitrogens is 5. The van der Waals surface area contributed by atoms with Crippen LogP contribution in [-0.2, 0) is 0 Å². The van der Waals surface area contributed by atoms with Gasteiger partial charge in [0, 0.05) is 26.2 Å². The summed E-state index contributed by atoms with van der Waals surface area (Å²) in [6.45, 7) is 2.74. The third kappa shape index (κ3) is 2.33. The summed E-state index contributed by atoms with van der Waals surface area (Å²) in [6, 6.07) is 0.333. The smallest absolute Gasteiger partial charge is 0.357 e. The first-order chi connectivity index (χ1) is 11.2. The van der Waals surface area contributed by atoms with Crippen LogP contribution in [0.1, 0.15) is 10.5 Å². The van der Waals surface area contributed by atoms with Crippen molar-refractivity contribution in [2.45, 2.75) is 0 Å². The molecule has 1 aliphatic rings. The van der Waals surface area contributed by atoms with Crippen LogP contribution in [0.3, 0.4) is 0 Å². The monoisotopic (exact) mass is 315 g/mol. The van der Waals surface area contributed by atoms with E-state index >= 15 is 0 Å². The second kappa shape index (κ2) is 5.23. The number of oxazole rings is 1. The summed E-state index contributed by atoms with van der Waals surface area (Å²) in [5.41, 5.74) is 0.614. The van der Waals surface area contributed by atoms with Gasteiger partial charge in [-0.1, -0.05) is 0 Å². The normalized spacial score (nSPS) is 15.3. The van der Waals surface area contributed by atoms with Gasteiger partial charge >= 0.3 is 5.97 Å². The van der Waals surface area contributed by atoms with E-state index in [9.17, 15) is 4.79 Å². The van der Waals surface area contributed by atoms with Gasteiger partial charge in [-0.05, 0) is 0 Å². The number of hydrogen-bond acceptors (Lipinski definition) is 8.